The van der Waals surface area contributed by atoms with E-state index in [4.69, 9.17) is 0 Å². The predicted octanol–water partition coefficient (Wildman–Crippen LogP) is 2.91. The summed E-state index contributed by atoms with van der Waals surface area (Å²) in [4.78, 5) is 26.2. The molecule has 0 atom stereocenters. The van der Waals surface area contributed by atoms with Gasteiger partial charge in [0.15, 0.2) is 0 Å². The van der Waals surface area contributed by atoms with E-state index < -0.39 is 10.8 Å². The molecule has 0 aliphatic heterocycles. The highest BCUT2D eigenvalue weighted by Crippen LogP contribution is 2.13. The molecule has 1 N–H and O–H groups in total. The Balaban J connectivity index is 1.68. The number of hydrogen-bond acceptors (Lipinski definition) is 5. The molecule has 3 rings (SSSR count). The first-order chi connectivity index (χ1) is 11.6. The molecule has 7 heteroatoms. The summed E-state index contributed by atoms with van der Waals surface area (Å²) in [5, 5.41) is 15.5. The Morgan fingerprint density at radius 2 is 1.96 bits per heavy atom. The van der Waals surface area contributed by atoms with E-state index in [0.717, 1.165) is 16.5 Å². The number of pyridine rings is 1. The van der Waals surface area contributed by atoms with E-state index in [2.05, 4.69) is 15.5 Å². The Morgan fingerprint density at radius 1 is 1.17 bits per heavy atom. The van der Waals surface area contributed by atoms with Crippen LogP contribution in [0.4, 0.5) is 5.69 Å². The second kappa shape index (κ2) is 6.66. The first-order valence-corrected chi connectivity index (χ1v) is 7.06. The molecule has 3 aromatic rings. The molecule has 7 nitrogen and oxygen atoms in total. The lowest BCUT2D eigenvalue weighted by Gasteiger charge is -2.00. The van der Waals surface area contributed by atoms with Crippen LogP contribution < -0.4 is 5.43 Å². The third kappa shape index (κ3) is 3.41. The van der Waals surface area contributed by atoms with Gasteiger partial charge >= 0.3 is 0 Å². The highest BCUT2D eigenvalue weighted by Gasteiger charge is 2.08. The maximum absolute atomic E-state index is 11.9. The fourth-order valence-electron chi connectivity index (χ4n) is 2.13. The number of hydrogen-bond donors (Lipinski definition) is 1. The van der Waals surface area contributed by atoms with Gasteiger partial charge < -0.3 is 0 Å². The van der Waals surface area contributed by atoms with Crippen LogP contribution in [-0.2, 0) is 0 Å². The van der Waals surface area contributed by atoms with Crippen molar-refractivity contribution in [3.8, 4) is 0 Å². The van der Waals surface area contributed by atoms with E-state index in [1.807, 2.05) is 30.3 Å². The van der Waals surface area contributed by atoms with Crippen molar-refractivity contribution in [1.29, 1.82) is 0 Å². The van der Waals surface area contributed by atoms with E-state index in [1.165, 1.54) is 30.5 Å². The average molecular weight is 320 g/mol. The normalized spacial score (nSPS) is 10.8. The molecule has 0 saturated carbocycles. The van der Waals surface area contributed by atoms with Crippen LogP contribution in [0.2, 0.25) is 0 Å². The van der Waals surface area contributed by atoms with Gasteiger partial charge in [0.25, 0.3) is 11.6 Å². The highest BCUT2D eigenvalue weighted by atomic mass is 16.6. The quantitative estimate of drug-likeness (QED) is 0.454. The molecular formula is C17H12N4O3. The van der Waals surface area contributed by atoms with E-state index in [0.29, 0.717) is 0 Å². The molecule has 0 spiro atoms. The van der Waals surface area contributed by atoms with Gasteiger partial charge in [0.2, 0.25) is 0 Å². The second-order valence-electron chi connectivity index (χ2n) is 4.96. The largest absolute Gasteiger partial charge is 0.271 e. The van der Waals surface area contributed by atoms with Crippen molar-refractivity contribution in [1.82, 2.24) is 10.4 Å². The van der Waals surface area contributed by atoms with Gasteiger partial charge in [-0.15, -0.1) is 0 Å². The van der Waals surface area contributed by atoms with Crippen LogP contribution >= 0.6 is 0 Å². The molecular weight excluding hydrogens is 308 g/mol. The van der Waals surface area contributed by atoms with Crippen LogP contribution in [0.15, 0.2) is 65.9 Å². The Hall–Kier alpha value is -3.61. The summed E-state index contributed by atoms with van der Waals surface area (Å²) < 4.78 is 0. The van der Waals surface area contributed by atoms with Crippen LogP contribution in [0.3, 0.4) is 0 Å². The first kappa shape index (κ1) is 15.3. The lowest BCUT2D eigenvalue weighted by atomic mass is 10.1. The Kier molecular flexibility index (Phi) is 4.24. The van der Waals surface area contributed by atoms with E-state index >= 15 is 0 Å². The molecule has 0 aliphatic carbocycles. The van der Waals surface area contributed by atoms with E-state index in [-0.39, 0.29) is 11.3 Å². The highest BCUT2D eigenvalue weighted by molar-refractivity contribution is 5.95. The van der Waals surface area contributed by atoms with Crippen molar-refractivity contribution in [2.45, 2.75) is 0 Å². The van der Waals surface area contributed by atoms with Crippen LogP contribution in [0.25, 0.3) is 10.9 Å². The molecule has 0 fully saturated rings. The number of amides is 1. The molecule has 2 aromatic carbocycles. The molecule has 0 bridgehead atoms. The fourth-order valence-corrected chi connectivity index (χ4v) is 2.13. The summed E-state index contributed by atoms with van der Waals surface area (Å²) in [5.74, 6) is -0.444. The number of nitro benzene ring substituents is 1. The van der Waals surface area contributed by atoms with E-state index in [9.17, 15) is 14.9 Å². The topological polar surface area (TPSA) is 97.5 Å². The van der Waals surface area contributed by atoms with Crippen molar-refractivity contribution in [3.05, 3.63) is 82.0 Å². The molecule has 0 aliphatic rings. The zero-order valence-electron chi connectivity index (χ0n) is 12.4. The maximum atomic E-state index is 11.9. The van der Waals surface area contributed by atoms with Crippen LogP contribution in [-0.4, -0.2) is 22.0 Å². The summed E-state index contributed by atoms with van der Waals surface area (Å²) in [6.07, 6.45) is 3.22. The summed E-state index contributed by atoms with van der Waals surface area (Å²) in [6, 6.07) is 14.8. The van der Waals surface area contributed by atoms with Crippen molar-refractivity contribution < 1.29 is 9.72 Å². The lowest BCUT2D eigenvalue weighted by molar-refractivity contribution is -0.384. The second-order valence-corrected chi connectivity index (χ2v) is 4.96. The van der Waals surface area contributed by atoms with Gasteiger partial charge in [0, 0.05) is 29.3 Å². The molecule has 1 aromatic heterocycles. The minimum atomic E-state index is -0.520. The predicted molar refractivity (Wildman–Crippen MR) is 89.9 cm³/mol. The third-order valence-electron chi connectivity index (χ3n) is 3.35. The summed E-state index contributed by atoms with van der Waals surface area (Å²) in [5.41, 5.74) is 4.24. The number of fused-ring (bicyclic) bond motifs is 1. The molecule has 118 valence electrons. The summed E-state index contributed by atoms with van der Waals surface area (Å²) >= 11 is 0. The molecule has 24 heavy (non-hydrogen) atoms. The number of nitro groups is 1. The third-order valence-corrected chi connectivity index (χ3v) is 3.35. The zero-order chi connectivity index (χ0) is 16.9. The molecule has 1 amide bonds. The molecule has 0 radical (unpaired) electrons. The number of aromatic nitrogens is 1. The number of nitrogens with zero attached hydrogens (tertiary/aromatic N) is 3. The lowest BCUT2D eigenvalue weighted by Crippen LogP contribution is -2.17. The van der Waals surface area contributed by atoms with Gasteiger partial charge in [-0.05, 0) is 29.8 Å². The average Bonchev–Trinajstić information content (AvgIpc) is 2.61. The zero-order valence-corrected chi connectivity index (χ0v) is 12.4. The van der Waals surface area contributed by atoms with Gasteiger partial charge in [-0.3, -0.25) is 19.9 Å². The molecule has 1 heterocycles. The van der Waals surface area contributed by atoms with Crippen molar-refractivity contribution in [2.24, 2.45) is 5.10 Å². The summed E-state index contributed by atoms with van der Waals surface area (Å²) in [7, 11) is 0. The van der Waals surface area contributed by atoms with Gasteiger partial charge in [0.1, 0.15) is 0 Å². The Morgan fingerprint density at radius 3 is 2.71 bits per heavy atom. The minimum absolute atomic E-state index is 0.0706. The monoisotopic (exact) mass is 320 g/mol. The number of non-ortho nitro benzene ring substituents is 1. The SMILES string of the molecule is O=C(N/N=C\c1ccc2cccnc2c1)c1ccc([N+](=O)[O-])cc1. The minimum Gasteiger partial charge on any atom is -0.267 e. The first-order valence-electron chi connectivity index (χ1n) is 7.06. The standard InChI is InChI=1S/C17H12N4O3/c22-17(14-5-7-15(8-6-14)21(23)24)20-19-11-12-3-4-13-2-1-9-18-16(13)10-12/h1-11H,(H,20,22)/b19-11-. The number of hydrazone groups is 1. The fraction of sp³-hybridized carbons (Fsp3) is 0. The van der Waals surface area contributed by atoms with Crippen molar-refractivity contribution >= 4 is 28.7 Å². The Labute approximate surface area is 136 Å². The molecule has 0 unspecified atom stereocenters. The van der Waals surface area contributed by atoms with E-state index in [1.54, 1.807) is 6.20 Å². The number of nitrogens with one attached hydrogen (secondary N) is 1. The van der Waals surface area contributed by atoms with Gasteiger partial charge in [0.05, 0.1) is 16.7 Å². The van der Waals surface area contributed by atoms with Crippen LogP contribution in [0, 0.1) is 10.1 Å². The maximum Gasteiger partial charge on any atom is 0.271 e. The smallest absolute Gasteiger partial charge is 0.267 e. The Bertz CT molecular complexity index is 936. The number of carbonyl (C=O) groups excluding carboxylic acids is 1. The van der Waals surface area contributed by atoms with Crippen molar-refractivity contribution in [3.63, 3.8) is 0 Å². The van der Waals surface area contributed by atoms with Crippen LogP contribution in [0.5, 0.6) is 0 Å². The van der Waals surface area contributed by atoms with Crippen molar-refractivity contribution in [2.75, 3.05) is 0 Å². The molecule has 0 saturated heterocycles. The number of carbonyl (C=O) groups is 1. The summed E-state index contributed by atoms with van der Waals surface area (Å²) in [6.45, 7) is 0. The van der Waals surface area contributed by atoms with Gasteiger partial charge in [-0.25, -0.2) is 5.43 Å². The number of benzene rings is 2. The van der Waals surface area contributed by atoms with Crippen LogP contribution in [0.1, 0.15) is 15.9 Å². The number of rotatable bonds is 4. The van der Waals surface area contributed by atoms with Gasteiger partial charge in [-0.2, -0.15) is 5.10 Å². The van der Waals surface area contributed by atoms with Gasteiger partial charge in [-0.1, -0.05) is 18.2 Å².